The first-order valence-corrected chi connectivity index (χ1v) is 9.42. The molecule has 9 heteroatoms. The Morgan fingerprint density at radius 1 is 1.25 bits per heavy atom. The van der Waals surface area contributed by atoms with Gasteiger partial charge in [-0.25, -0.2) is 18.3 Å². The van der Waals surface area contributed by atoms with E-state index in [1.165, 1.54) is 16.9 Å². The van der Waals surface area contributed by atoms with Gasteiger partial charge in [-0.3, -0.25) is 5.32 Å². The van der Waals surface area contributed by atoms with Crippen LogP contribution in [0.1, 0.15) is 47.7 Å². The smallest absolute Gasteiger partial charge is 0.280 e. The number of rotatable bonds is 9. The summed E-state index contributed by atoms with van der Waals surface area (Å²) in [6.45, 7) is 2.48. The van der Waals surface area contributed by atoms with E-state index >= 15 is 0 Å². The molecule has 0 saturated carbocycles. The predicted octanol–water partition coefficient (Wildman–Crippen LogP) is 3.67. The Kier molecular flexibility index (Phi) is 6.88. The van der Waals surface area contributed by atoms with E-state index in [9.17, 15) is 8.78 Å². The van der Waals surface area contributed by atoms with Gasteiger partial charge < -0.3 is 5.11 Å². The van der Waals surface area contributed by atoms with Gasteiger partial charge in [0.15, 0.2) is 0 Å². The maximum absolute atomic E-state index is 13.4. The molecule has 1 aromatic carbocycles. The van der Waals surface area contributed by atoms with Crippen molar-refractivity contribution in [2.45, 2.75) is 38.5 Å². The molecule has 0 bridgehead atoms. The first-order chi connectivity index (χ1) is 13.5. The van der Waals surface area contributed by atoms with E-state index in [0.717, 1.165) is 17.5 Å². The highest BCUT2D eigenvalue weighted by atomic mass is 35.5. The molecule has 2 heterocycles. The molecule has 2 aromatic heterocycles. The third-order valence-corrected chi connectivity index (χ3v) is 4.76. The zero-order valence-corrected chi connectivity index (χ0v) is 16.2. The number of fused-ring (bicyclic) bond motifs is 1. The summed E-state index contributed by atoms with van der Waals surface area (Å²) in [5.74, 6) is 0.0663. The minimum absolute atomic E-state index is 0.0944. The zero-order chi connectivity index (χ0) is 20.1. The summed E-state index contributed by atoms with van der Waals surface area (Å²) in [5, 5.41) is 16.6. The third-order valence-electron chi connectivity index (χ3n) is 4.54. The van der Waals surface area contributed by atoms with E-state index in [4.69, 9.17) is 16.7 Å². The highest BCUT2D eigenvalue weighted by Crippen LogP contribution is 2.29. The third kappa shape index (κ3) is 5.01. The predicted molar refractivity (Wildman–Crippen MR) is 103 cm³/mol. The minimum atomic E-state index is -2.69. The normalized spacial score (nSPS) is 12.8. The van der Waals surface area contributed by atoms with Gasteiger partial charge in [-0.1, -0.05) is 17.7 Å². The molecule has 0 fully saturated rings. The Morgan fingerprint density at radius 2 is 2.07 bits per heavy atom. The Bertz CT molecular complexity index is 914. The molecule has 1 atom stereocenters. The van der Waals surface area contributed by atoms with Crippen molar-refractivity contribution in [2.24, 2.45) is 0 Å². The fourth-order valence-electron chi connectivity index (χ4n) is 3.38. The van der Waals surface area contributed by atoms with Crippen LogP contribution in [0.5, 0.6) is 0 Å². The Morgan fingerprint density at radius 3 is 2.79 bits per heavy atom. The minimum Gasteiger partial charge on any atom is -0.381 e. The fraction of sp³-hybridized carbons (Fsp3) is 0.421. The van der Waals surface area contributed by atoms with Crippen molar-refractivity contribution in [3.8, 4) is 0 Å². The van der Waals surface area contributed by atoms with Crippen LogP contribution in [-0.4, -0.2) is 38.0 Å². The number of benzene rings is 1. The van der Waals surface area contributed by atoms with Crippen LogP contribution in [0.3, 0.4) is 0 Å². The van der Waals surface area contributed by atoms with E-state index in [2.05, 4.69) is 20.4 Å². The molecule has 0 saturated heterocycles. The molecule has 0 spiro atoms. The molecule has 0 radical (unpaired) electrons. The van der Waals surface area contributed by atoms with Crippen molar-refractivity contribution >= 4 is 17.4 Å². The standard InChI is InChI=1S/C19H22ClF2N5O/c1-12-5-13(8-15(20)6-12)7-14(3-2-4-23-11-28)17-9-16(18(21)22)26-19-24-10-25-27(17)19/h5-6,8-10,14,18,23,28H,2-4,7,11H2,1H3. The van der Waals surface area contributed by atoms with Crippen LogP contribution < -0.4 is 5.32 Å². The lowest BCUT2D eigenvalue weighted by atomic mass is 9.90. The van der Waals surface area contributed by atoms with Gasteiger partial charge in [0.1, 0.15) is 12.0 Å². The van der Waals surface area contributed by atoms with Crippen LogP contribution in [0.25, 0.3) is 5.78 Å². The van der Waals surface area contributed by atoms with Crippen LogP contribution in [0.4, 0.5) is 8.78 Å². The van der Waals surface area contributed by atoms with E-state index in [0.29, 0.717) is 30.1 Å². The monoisotopic (exact) mass is 409 g/mol. The second-order valence-corrected chi connectivity index (χ2v) is 7.15. The zero-order valence-electron chi connectivity index (χ0n) is 15.4. The van der Waals surface area contributed by atoms with E-state index in [1.54, 1.807) is 0 Å². The summed E-state index contributed by atoms with van der Waals surface area (Å²) in [6, 6.07) is 7.22. The topological polar surface area (TPSA) is 75.3 Å². The summed E-state index contributed by atoms with van der Waals surface area (Å²) in [4.78, 5) is 7.89. The van der Waals surface area contributed by atoms with Gasteiger partial charge in [0.05, 0.1) is 12.4 Å². The molecule has 2 N–H and O–H groups in total. The van der Waals surface area contributed by atoms with Gasteiger partial charge in [-0.05, 0) is 62.1 Å². The van der Waals surface area contributed by atoms with Crippen LogP contribution in [0, 0.1) is 6.92 Å². The van der Waals surface area contributed by atoms with Gasteiger partial charge in [0.2, 0.25) is 0 Å². The number of alkyl halides is 2. The number of hydrogen-bond donors (Lipinski definition) is 2. The summed E-state index contributed by atoms with van der Waals surface area (Å²) in [5.41, 5.74) is 2.39. The molecule has 150 valence electrons. The summed E-state index contributed by atoms with van der Waals surface area (Å²) in [7, 11) is 0. The molecule has 1 unspecified atom stereocenters. The lowest BCUT2D eigenvalue weighted by Gasteiger charge is -2.19. The molecule has 6 nitrogen and oxygen atoms in total. The number of aliphatic hydroxyl groups is 1. The van der Waals surface area contributed by atoms with Crippen LogP contribution in [0.15, 0.2) is 30.6 Å². The van der Waals surface area contributed by atoms with E-state index < -0.39 is 6.43 Å². The molecule has 28 heavy (non-hydrogen) atoms. The van der Waals surface area contributed by atoms with Gasteiger partial charge in [0, 0.05) is 10.9 Å². The van der Waals surface area contributed by atoms with Gasteiger partial charge in [-0.15, -0.1) is 0 Å². The highest BCUT2D eigenvalue weighted by Gasteiger charge is 2.21. The molecule has 3 rings (SSSR count). The van der Waals surface area contributed by atoms with Crippen molar-refractivity contribution in [1.29, 1.82) is 0 Å². The lowest BCUT2D eigenvalue weighted by Crippen LogP contribution is -2.18. The summed E-state index contributed by atoms with van der Waals surface area (Å²) >= 11 is 6.20. The van der Waals surface area contributed by atoms with Gasteiger partial charge >= 0.3 is 0 Å². The fourth-order valence-corrected chi connectivity index (χ4v) is 3.69. The molecular weight excluding hydrogens is 388 g/mol. The number of hydrogen-bond acceptors (Lipinski definition) is 5. The van der Waals surface area contributed by atoms with Crippen LogP contribution >= 0.6 is 11.6 Å². The van der Waals surface area contributed by atoms with Crippen LogP contribution in [-0.2, 0) is 6.42 Å². The number of halogens is 3. The van der Waals surface area contributed by atoms with Crippen molar-refractivity contribution in [3.63, 3.8) is 0 Å². The SMILES string of the molecule is Cc1cc(Cl)cc(CC(CCCNCO)c2cc(C(F)F)nc3ncnn23)c1. The van der Waals surface area contributed by atoms with E-state index in [1.807, 2.05) is 25.1 Å². The quantitative estimate of drug-likeness (QED) is 0.416. The number of aliphatic hydroxyl groups excluding tert-OH is 1. The number of nitrogens with one attached hydrogen (secondary N) is 1. The van der Waals surface area contributed by atoms with Crippen molar-refractivity contribution in [1.82, 2.24) is 24.9 Å². The first kappa shape index (κ1) is 20.6. The lowest BCUT2D eigenvalue weighted by molar-refractivity contribution is 0.146. The highest BCUT2D eigenvalue weighted by molar-refractivity contribution is 6.30. The number of aromatic nitrogens is 4. The van der Waals surface area contributed by atoms with Crippen molar-refractivity contribution in [3.05, 3.63) is 58.1 Å². The largest absolute Gasteiger partial charge is 0.381 e. The Hall–Kier alpha value is -2.16. The molecule has 3 aromatic rings. The molecule has 0 amide bonds. The second-order valence-electron chi connectivity index (χ2n) is 6.72. The molecule has 0 aliphatic carbocycles. The number of nitrogens with zero attached hydrogens (tertiary/aromatic N) is 4. The maximum Gasteiger partial charge on any atom is 0.280 e. The molecule has 0 aliphatic rings. The van der Waals surface area contributed by atoms with Crippen molar-refractivity contribution < 1.29 is 13.9 Å². The molecular formula is C19H22ClF2N5O. The van der Waals surface area contributed by atoms with Gasteiger partial charge in [-0.2, -0.15) is 10.1 Å². The summed E-state index contributed by atoms with van der Waals surface area (Å²) < 4.78 is 28.2. The first-order valence-electron chi connectivity index (χ1n) is 9.04. The molecule has 0 aliphatic heterocycles. The van der Waals surface area contributed by atoms with Crippen molar-refractivity contribution in [2.75, 3.05) is 13.3 Å². The second kappa shape index (κ2) is 9.36. The number of aryl methyl sites for hydroxylation is 1. The van der Waals surface area contributed by atoms with E-state index in [-0.39, 0.29) is 24.1 Å². The Labute approximate surface area is 166 Å². The van der Waals surface area contributed by atoms with Gasteiger partial charge in [0.25, 0.3) is 12.2 Å². The van der Waals surface area contributed by atoms with Crippen LogP contribution in [0.2, 0.25) is 5.02 Å². The maximum atomic E-state index is 13.4. The Balaban J connectivity index is 1.98. The summed E-state index contributed by atoms with van der Waals surface area (Å²) in [6.07, 6.45) is 0.704. The average Bonchev–Trinajstić information content (AvgIpc) is 3.11. The average molecular weight is 410 g/mol.